The summed E-state index contributed by atoms with van der Waals surface area (Å²) in [6, 6.07) is 24.1. The standard InChI is InChI=1S/C26H27N5/c1-2-30-24-9-5-6-10-25(24)31(26(30)28-19-27)23-13-15-29(16-14-23)18-20-11-12-21-7-3-4-8-22(21)17-20/h3-12,17,23H,2,13-16,18H2,1H3/b28-26+. The Labute approximate surface area is 182 Å². The van der Waals surface area contributed by atoms with Crippen LogP contribution in [0.3, 0.4) is 0 Å². The van der Waals surface area contributed by atoms with Crippen LogP contribution in [0.1, 0.15) is 31.4 Å². The zero-order valence-corrected chi connectivity index (χ0v) is 17.9. The molecule has 156 valence electrons. The average Bonchev–Trinajstić information content (AvgIpc) is 3.13. The Kier molecular flexibility index (Phi) is 5.31. The van der Waals surface area contributed by atoms with Crippen LogP contribution in [0.25, 0.3) is 21.8 Å². The number of imidazole rings is 1. The summed E-state index contributed by atoms with van der Waals surface area (Å²) in [7, 11) is 0. The number of piperidine rings is 1. The number of aryl methyl sites for hydroxylation is 1. The normalized spacial score (nSPS) is 16.2. The SMILES string of the molecule is CCn1/c(=N\C#N)n(C2CCN(Cc3ccc4ccccc4c3)CC2)c2ccccc21. The Bertz CT molecular complexity index is 1330. The predicted molar refractivity (Wildman–Crippen MR) is 124 cm³/mol. The number of benzene rings is 3. The number of rotatable bonds is 4. The largest absolute Gasteiger partial charge is 0.310 e. The number of hydrogen-bond donors (Lipinski definition) is 0. The predicted octanol–water partition coefficient (Wildman–Crippen LogP) is 4.83. The highest BCUT2D eigenvalue weighted by molar-refractivity contribution is 5.83. The molecule has 0 spiro atoms. The van der Waals surface area contributed by atoms with Crippen LogP contribution in [0, 0.1) is 11.5 Å². The molecule has 0 bridgehead atoms. The van der Waals surface area contributed by atoms with Gasteiger partial charge in [-0.1, -0.05) is 48.5 Å². The molecule has 0 amide bonds. The van der Waals surface area contributed by atoms with E-state index in [1.165, 1.54) is 21.9 Å². The first-order chi connectivity index (χ1) is 15.3. The molecule has 5 rings (SSSR count). The summed E-state index contributed by atoms with van der Waals surface area (Å²) < 4.78 is 4.45. The second-order valence-corrected chi connectivity index (χ2v) is 8.30. The lowest BCUT2D eigenvalue weighted by atomic mass is 10.0. The topological polar surface area (TPSA) is 49.2 Å². The highest BCUT2D eigenvalue weighted by Gasteiger charge is 2.24. The van der Waals surface area contributed by atoms with Crippen molar-refractivity contribution in [3.63, 3.8) is 0 Å². The molecule has 0 aliphatic carbocycles. The maximum absolute atomic E-state index is 9.32. The Hall–Kier alpha value is -3.36. The fourth-order valence-corrected chi connectivity index (χ4v) is 5.00. The molecule has 0 N–H and O–H groups in total. The summed E-state index contributed by atoms with van der Waals surface area (Å²) in [6.07, 6.45) is 4.15. The Balaban J connectivity index is 1.38. The van der Waals surface area contributed by atoms with Crippen LogP contribution >= 0.6 is 0 Å². The zero-order chi connectivity index (χ0) is 21.2. The summed E-state index contributed by atoms with van der Waals surface area (Å²) in [5, 5.41) is 11.9. The Morgan fingerprint density at radius 1 is 0.935 bits per heavy atom. The molecule has 0 radical (unpaired) electrons. The van der Waals surface area contributed by atoms with E-state index in [9.17, 15) is 5.26 Å². The monoisotopic (exact) mass is 409 g/mol. The lowest BCUT2D eigenvalue weighted by Crippen LogP contribution is -2.37. The van der Waals surface area contributed by atoms with Crippen LogP contribution in [0.15, 0.2) is 71.7 Å². The molecule has 1 saturated heterocycles. The van der Waals surface area contributed by atoms with Gasteiger partial charge in [-0.05, 0) is 54.3 Å². The molecular formula is C26H27N5. The molecule has 0 atom stereocenters. The van der Waals surface area contributed by atoms with E-state index in [4.69, 9.17) is 0 Å². The molecule has 4 aromatic rings. The maximum Gasteiger partial charge on any atom is 0.221 e. The molecule has 1 aliphatic heterocycles. The van der Waals surface area contributed by atoms with Crippen molar-refractivity contribution < 1.29 is 0 Å². The second kappa shape index (κ2) is 8.41. The minimum atomic E-state index is 0.359. The minimum absolute atomic E-state index is 0.359. The van der Waals surface area contributed by atoms with Crippen molar-refractivity contribution in [2.24, 2.45) is 4.99 Å². The van der Waals surface area contributed by atoms with Crippen molar-refractivity contribution >= 4 is 21.8 Å². The number of hydrogen-bond acceptors (Lipinski definition) is 3. The molecule has 5 nitrogen and oxygen atoms in total. The summed E-state index contributed by atoms with van der Waals surface area (Å²) >= 11 is 0. The van der Waals surface area contributed by atoms with Gasteiger partial charge in [0, 0.05) is 32.2 Å². The molecular weight excluding hydrogens is 382 g/mol. The fourth-order valence-electron chi connectivity index (χ4n) is 5.00. The first-order valence-electron chi connectivity index (χ1n) is 11.1. The van der Waals surface area contributed by atoms with E-state index in [2.05, 4.69) is 92.7 Å². The van der Waals surface area contributed by atoms with Crippen LogP contribution in [-0.2, 0) is 13.1 Å². The molecule has 2 heterocycles. The Morgan fingerprint density at radius 2 is 1.65 bits per heavy atom. The van der Waals surface area contributed by atoms with E-state index in [1.807, 2.05) is 6.19 Å². The van der Waals surface area contributed by atoms with Crippen LogP contribution < -0.4 is 5.62 Å². The van der Waals surface area contributed by atoms with Gasteiger partial charge in [0.05, 0.1) is 11.0 Å². The van der Waals surface area contributed by atoms with Crippen molar-refractivity contribution in [2.45, 2.75) is 38.9 Å². The van der Waals surface area contributed by atoms with Crippen molar-refractivity contribution in [1.82, 2.24) is 14.0 Å². The molecule has 1 fully saturated rings. The third kappa shape index (κ3) is 3.64. The number of nitrogens with zero attached hydrogens (tertiary/aromatic N) is 5. The van der Waals surface area contributed by atoms with Crippen LogP contribution in [-0.4, -0.2) is 27.1 Å². The van der Waals surface area contributed by atoms with Gasteiger partial charge in [0.25, 0.3) is 0 Å². The molecule has 31 heavy (non-hydrogen) atoms. The highest BCUT2D eigenvalue weighted by Crippen LogP contribution is 2.27. The lowest BCUT2D eigenvalue weighted by Gasteiger charge is -2.33. The fraction of sp³-hybridized carbons (Fsp3) is 0.308. The van der Waals surface area contributed by atoms with Gasteiger partial charge in [0.15, 0.2) is 0 Å². The number of fused-ring (bicyclic) bond motifs is 2. The summed E-state index contributed by atoms with van der Waals surface area (Å²) in [4.78, 5) is 6.77. The van der Waals surface area contributed by atoms with Crippen LogP contribution in [0.5, 0.6) is 0 Å². The zero-order valence-electron chi connectivity index (χ0n) is 17.9. The van der Waals surface area contributed by atoms with E-state index in [0.717, 1.165) is 50.2 Å². The minimum Gasteiger partial charge on any atom is -0.310 e. The smallest absolute Gasteiger partial charge is 0.221 e. The quantitative estimate of drug-likeness (QED) is 0.453. The van der Waals surface area contributed by atoms with Gasteiger partial charge < -0.3 is 9.13 Å². The van der Waals surface area contributed by atoms with Gasteiger partial charge in [-0.25, -0.2) is 0 Å². The second-order valence-electron chi connectivity index (χ2n) is 8.30. The van der Waals surface area contributed by atoms with Gasteiger partial charge in [0.2, 0.25) is 11.8 Å². The Morgan fingerprint density at radius 3 is 2.39 bits per heavy atom. The number of nitriles is 1. The first-order valence-corrected chi connectivity index (χ1v) is 11.1. The van der Waals surface area contributed by atoms with Gasteiger partial charge in [-0.15, -0.1) is 4.99 Å². The molecule has 0 unspecified atom stereocenters. The van der Waals surface area contributed by atoms with Crippen molar-refractivity contribution in [3.05, 3.63) is 77.9 Å². The molecule has 1 aliphatic rings. The van der Waals surface area contributed by atoms with Gasteiger partial charge in [0.1, 0.15) is 0 Å². The number of para-hydroxylation sites is 2. The van der Waals surface area contributed by atoms with E-state index in [0.29, 0.717) is 6.04 Å². The van der Waals surface area contributed by atoms with Gasteiger partial charge in [-0.2, -0.15) is 5.26 Å². The van der Waals surface area contributed by atoms with Gasteiger partial charge in [-0.3, -0.25) is 4.90 Å². The van der Waals surface area contributed by atoms with Crippen LogP contribution in [0.4, 0.5) is 0 Å². The summed E-state index contributed by atoms with van der Waals surface area (Å²) in [6.45, 7) is 5.98. The molecule has 0 saturated carbocycles. The molecule has 5 heteroatoms. The van der Waals surface area contributed by atoms with Gasteiger partial charge >= 0.3 is 0 Å². The highest BCUT2D eigenvalue weighted by atomic mass is 15.2. The van der Waals surface area contributed by atoms with E-state index < -0.39 is 0 Å². The van der Waals surface area contributed by atoms with Crippen molar-refractivity contribution in [1.29, 1.82) is 5.26 Å². The van der Waals surface area contributed by atoms with Crippen LogP contribution in [0.2, 0.25) is 0 Å². The van der Waals surface area contributed by atoms with Crippen molar-refractivity contribution in [2.75, 3.05) is 13.1 Å². The first kappa shape index (κ1) is 19.6. The third-order valence-electron chi connectivity index (χ3n) is 6.50. The van der Waals surface area contributed by atoms with E-state index in [1.54, 1.807) is 0 Å². The van der Waals surface area contributed by atoms with E-state index >= 15 is 0 Å². The van der Waals surface area contributed by atoms with Crippen molar-refractivity contribution in [3.8, 4) is 6.19 Å². The number of aromatic nitrogens is 2. The number of likely N-dealkylation sites (tertiary alicyclic amines) is 1. The third-order valence-corrected chi connectivity index (χ3v) is 6.50. The lowest BCUT2D eigenvalue weighted by molar-refractivity contribution is 0.179. The van der Waals surface area contributed by atoms with E-state index in [-0.39, 0.29) is 0 Å². The average molecular weight is 410 g/mol. The maximum atomic E-state index is 9.32. The molecule has 1 aromatic heterocycles. The molecule has 3 aromatic carbocycles. The summed E-state index contributed by atoms with van der Waals surface area (Å²) in [5.41, 5.74) is 4.47. The summed E-state index contributed by atoms with van der Waals surface area (Å²) in [5.74, 6) is 0.